The summed E-state index contributed by atoms with van der Waals surface area (Å²) in [6.07, 6.45) is 5.64. The topological polar surface area (TPSA) is 63.1 Å². The van der Waals surface area contributed by atoms with Gasteiger partial charge < -0.3 is 10.2 Å². The van der Waals surface area contributed by atoms with E-state index in [1.807, 2.05) is 48.6 Å². The highest BCUT2D eigenvalue weighted by Gasteiger charge is 2.29. The van der Waals surface area contributed by atoms with Crippen molar-refractivity contribution in [3.05, 3.63) is 83.4 Å². The molecule has 0 bridgehead atoms. The molecule has 0 saturated carbocycles. The Bertz CT molecular complexity index is 905. The van der Waals surface area contributed by atoms with Crippen LogP contribution in [0.3, 0.4) is 0 Å². The Morgan fingerprint density at radius 3 is 2.85 bits per heavy atom. The number of pyridine rings is 1. The quantitative estimate of drug-likeness (QED) is 0.792. The van der Waals surface area contributed by atoms with Crippen molar-refractivity contribution in [2.45, 2.75) is 19.0 Å². The number of nitrogens with one attached hydrogen (secondary N) is 1. The molecule has 4 rings (SSSR count). The van der Waals surface area contributed by atoms with Crippen LogP contribution in [0.25, 0.3) is 0 Å². The van der Waals surface area contributed by atoms with Gasteiger partial charge in [0.1, 0.15) is 0 Å². The molecule has 3 aromatic rings. The largest absolute Gasteiger partial charge is 0.332 e. The molecule has 0 fully saturated rings. The van der Waals surface area contributed by atoms with E-state index in [2.05, 4.69) is 33.6 Å². The van der Waals surface area contributed by atoms with Gasteiger partial charge in [0.25, 0.3) is 0 Å². The summed E-state index contributed by atoms with van der Waals surface area (Å²) in [7, 11) is 1.91. The van der Waals surface area contributed by atoms with Crippen molar-refractivity contribution in [3.8, 4) is 0 Å². The number of rotatable bonds is 3. The fourth-order valence-corrected chi connectivity index (χ4v) is 3.45. The van der Waals surface area contributed by atoms with Crippen LogP contribution in [0.1, 0.15) is 28.3 Å². The van der Waals surface area contributed by atoms with Crippen molar-refractivity contribution in [2.24, 2.45) is 7.05 Å². The molecule has 1 atom stereocenters. The van der Waals surface area contributed by atoms with Gasteiger partial charge in [0.2, 0.25) is 0 Å². The molecule has 0 spiro atoms. The van der Waals surface area contributed by atoms with Gasteiger partial charge in [0.05, 0.1) is 18.4 Å². The van der Waals surface area contributed by atoms with Crippen molar-refractivity contribution in [3.63, 3.8) is 0 Å². The van der Waals surface area contributed by atoms with Gasteiger partial charge in [0, 0.05) is 38.4 Å². The van der Waals surface area contributed by atoms with E-state index >= 15 is 0 Å². The third kappa shape index (κ3) is 3.31. The first-order valence-corrected chi connectivity index (χ1v) is 8.70. The Morgan fingerprint density at radius 2 is 2.08 bits per heavy atom. The van der Waals surface area contributed by atoms with Crippen molar-refractivity contribution in [1.29, 1.82) is 0 Å². The minimum Gasteiger partial charge on any atom is -0.332 e. The summed E-state index contributed by atoms with van der Waals surface area (Å²) in [5.41, 5.74) is 4.43. The molecule has 132 valence electrons. The second kappa shape index (κ2) is 7.00. The Hall–Kier alpha value is -3.15. The summed E-state index contributed by atoms with van der Waals surface area (Å²) in [6.45, 7) is 1.67. The number of nitrogens with zero attached hydrogens (tertiary/aromatic N) is 4. The summed E-state index contributed by atoms with van der Waals surface area (Å²) >= 11 is 0. The van der Waals surface area contributed by atoms with Crippen LogP contribution in [0, 0.1) is 0 Å². The third-order valence-electron chi connectivity index (χ3n) is 4.76. The fraction of sp³-hybridized carbons (Fsp3) is 0.250. The maximum Gasteiger partial charge on any atom is 0.318 e. The van der Waals surface area contributed by atoms with Crippen molar-refractivity contribution < 1.29 is 4.79 Å². The number of aryl methyl sites for hydroxylation is 1. The zero-order valence-corrected chi connectivity index (χ0v) is 14.7. The van der Waals surface area contributed by atoms with Crippen LogP contribution in [-0.4, -0.2) is 32.2 Å². The van der Waals surface area contributed by atoms with Crippen molar-refractivity contribution >= 4 is 6.03 Å². The fourth-order valence-electron chi connectivity index (χ4n) is 3.45. The summed E-state index contributed by atoms with van der Waals surface area (Å²) in [6, 6.07) is 13.9. The molecule has 0 radical (unpaired) electrons. The molecule has 0 aliphatic carbocycles. The van der Waals surface area contributed by atoms with Crippen LogP contribution in [0.4, 0.5) is 4.79 Å². The first kappa shape index (κ1) is 16.3. The summed E-state index contributed by atoms with van der Waals surface area (Å²) < 4.78 is 1.80. The van der Waals surface area contributed by atoms with E-state index in [1.54, 1.807) is 10.9 Å². The molecular formula is C20H21N5O. The monoisotopic (exact) mass is 347 g/mol. The van der Waals surface area contributed by atoms with Gasteiger partial charge >= 0.3 is 6.03 Å². The van der Waals surface area contributed by atoms with Crippen LogP contribution in [-0.2, 0) is 20.1 Å². The molecule has 26 heavy (non-hydrogen) atoms. The van der Waals surface area contributed by atoms with E-state index in [4.69, 9.17) is 0 Å². The highest BCUT2D eigenvalue weighted by molar-refractivity contribution is 5.74. The molecule has 1 aromatic carbocycles. The molecule has 6 heteroatoms. The number of benzene rings is 1. The van der Waals surface area contributed by atoms with E-state index in [0.29, 0.717) is 19.6 Å². The number of amides is 2. The van der Waals surface area contributed by atoms with E-state index < -0.39 is 0 Å². The molecule has 1 unspecified atom stereocenters. The average molecular weight is 347 g/mol. The molecule has 1 aliphatic heterocycles. The van der Waals surface area contributed by atoms with Gasteiger partial charge in [-0.25, -0.2) is 4.79 Å². The van der Waals surface area contributed by atoms with Gasteiger partial charge in [-0.3, -0.25) is 9.67 Å². The maximum absolute atomic E-state index is 12.7. The minimum atomic E-state index is -0.0703. The molecule has 2 amide bonds. The highest BCUT2D eigenvalue weighted by atomic mass is 16.2. The second-order valence-electron chi connectivity index (χ2n) is 6.56. The normalized spacial score (nSPS) is 16.2. The molecule has 6 nitrogen and oxygen atoms in total. The summed E-state index contributed by atoms with van der Waals surface area (Å²) in [5.74, 6) is 0.134. The van der Waals surface area contributed by atoms with E-state index in [0.717, 1.165) is 11.3 Å². The molecule has 0 saturated heterocycles. The molecule has 3 heterocycles. The predicted molar refractivity (Wildman–Crippen MR) is 98.4 cm³/mol. The predicted octanol–water partition coefficient (Wildman–Crippen LogP) is 2.67. The van der Waals surface area contributed by atoms with Crippen LogP contribution < -0.4 is 5.32 Å². The van der Waals surface area contributed by atoms with E-state index in [-0.39, 0.29) is 11.9 Å². The Labute approximate surface area is 152 Å². The number of carbonyl (C=O) groups excluding carboxylic acids is 1. The first-order valence-electron chi connectivity index (χ1n) is 8.70. The Balaban J connectivity index is 1.54. The lowest BCUT2D eigenvalue weighted by molar-refractivity contribution is 0.188. The number of urea groups is 1. The SMILES string of the molecule is Cn1cc(C2CN(C(=O)NCc3ccccn3)Cc3ccccc32)cn1. The number of fused-ring (bicyclic) bond motifs is 1. The molecule has 2 aromatic heterocycles. The average Bonchev–Trinajstić information content (AvgIpc) is 3.12. The lowest BCUT2D eigenvalue weighted by atomic mass is 9.86. The van der Waals surface area contributed by atoms with Crippen molar-refractivity contribution in [2.75, 3.05) is 6.54 Å². The van der Waals surface area contributed by atoms with Crippen LogP contribution in [0.15, 0.2) is 61.1 Å². The Kier molecular flexibility index (Phi) is 4.39. The van der Waals surface area contributed by atoms with Gasteiger partial charge in [-0.1, -0.05) is 30.3 Å². The first-order chi connectivity index (χ1) is 12.7. The third-order valence-corrected chi connectivity index (χ3v) is 4.76. The second-order valence-corrected chi connectivity index (χ2v) is 6.56. The van der Waals surface area contributed by atoms with Gasteiger partial charge in [-0.15, -0.1) is 0 Å². The zero-order valence-electron chi connectivity index (χ0n) is 14.7. The zero-order chi connectivity index (χ0) is 17.9. The number of hydrogen-bond acceptors (Lipinski definition) is 3. The van der Waals surface area contributed by atoms with Gasteiger partial charge in [-0.05, 0) is 28.8 Å². The van der Waals surface area contributed by atoms with Crippen molar-refractivity contribution in [1.82, 2.24) is 25.0 Å². The standard InChI is InChI=1S/C20H21N5O/c1-24-12-16(10-23-24)19-14-25(13-15-6-2-3-8-18(15)19)20(26)22-11-17-7-4-5-9-21-17/h2-10,12,19H,11,13-14H2,1H3,(H,22,26). The molecule has 1 aliphatic rings. The van der Waals surface area contributed by atoms with Gasteiger partial charge in [0.15, 0.2) is 0 Å². The lowest BCUT2D eigenvalue weighted by Gasteiger charge is -2.34. The number of carbonyl (C=O) groups is 1. The smallest absolute Gasteiger partial charge is 0.318 e. The highest BCUT2D eigenvalue weighted by Crippen LogP contribution is 2.33. The maximum atomic E-state index is 12.7. The Morgan fingerprint density at radius 1 is 1.23 bits per heavy atom. The van der Waals surface area contributed by atoms with Crippen LogP contribution in [0.5, 0.6) is 0 Å². The van der Waals surface area contributed by atoms with E-state index in [1.165, 1.54) is 11.1 Å². The van der Waals surface area contributed by atoms with E-state index in [9.17, 15) is 4.79 Å². The number of hydrogen-bond donors (Lipinski definition) is 1. The summed E-state index contributed by atoms with van der Waals surface area (Å²) in [5, 5.41) is 7.28. The lowest BCUT2D eigenvalue weighted by Crippen LogP contribution is -2.44. The molecule has 1 N–H and O–H groups in total. The van der Waals surface area contributed by atoms with Crippen LogP contribution >= 0.6 is 0 Å². The minimum absolute atomic E-state index is 0.0703. The number of aromatic nitrogens is 3. The molecular weight excluding hydrogens is 326 g/mol. The summed E-state index contributed by atoms with van der Waals surface area (Å²) in [4.78, 5) is 18.8. The van der Waals surface area contributed by atoms with Gasteiger partial charge in [-0.2, -0.15) is 5.10 Å². The van der Waals surface area contributed by atoms with Crippen LogP contribution in [0.2, 0.25) is 0 Å².